The zero-order valence-electron chi connectivity index (χ0n) is 9.50. The van der Waals surface area contributed by atoms with Gasteiger partial charge in [-0.3, -0.25) is 10.1 Å². The third-order valence-electron chi connectivity index (χ3n) is 2.54. The van der Waals surface area contributed by atoms with Gasteiger partial charge >= 0.3 is 6.03 Å². The zero-order chi connectivity index (χ0) is 12.6. The van der Waals surface area contributed by atoms with Gasteiger partial charge in [-0.2, -0.15) is 0 Å². The monoisotopic (exact) mass is 232 g/mol. The van der Waals surface area contributed by atoms with Crippen LogP contribution >= 0.6 is 0 Å². The second-order valence-electron chi connectivity index (χ2n) is 3.97. The largest absolute Gasteiger partial charge is 0.507 e. The standard InChI is InChI=1S/C12H12N2O3/c1-6-3-8(4-7(2)10(6)15)5-9-11(16)14-12(17)13-9/h3-5,15H,1-2H3,(H2,13,14,16,17). The number of hydrogen-bond donors (Lipinski definition) is 3. The number of carbonyl (C=O) groups excluding carboxylic acids is 2. The topological polar surface area (TPSA) is 78.4 Å². The molecular weight excluding hydrogens is 220 g/mol. The molecule has 0 saturated carbocycles. The van der Waals surface area contributed by atoms with Crippen LogP contribution in [0.5, 0.6) is 5.75 Å². The summed E-state index contributed by atoms with van der Waals surface area (Å²) in [5.74, 6) is -0.203. The van der Waals surface area contributed by atoms with Crippen LogP contribution in [0.15, 0.2) is 17.8 Å². The predicted octanol–water partition coefficient (Wildman–Crippen LogP) is 1.19. The highest BCUT2D eigenvalue weighted by Crippen LogP contribution is 2.24. The smallest absolute Gasteiger partial charge is 0.326 e. The van der Waals surface area contributed by atoms with E-state index >= 15 is 0 Å². The number of nitrogens with one attached hydrogen (secondary N) is 2. The Labute approximate surface area is 98.1 Å². The normalized spacial score (nSPS) is 17.2. The van der Waals surface area contributed by atoms with Crippen LogP contribution in [0.3, 0.4) is 0 Å². The average Bonchev–Trinajstić information content (AvgIpc) is 2.54. The van der Waals surface area contributed by atoms with Crippen molar-refractivity contribution in [2.45, 2.75) is 13.8 Å². The molecule has 0 bridgehead atoms. The minimum absolute atomic E-state index is 0.208. The van der Waals surface area contributed by atoms with Gasteiger partial charge in [-0.15, -0.1) is 0 Å². The third-order valence-corrected chi connectivity index (χ3v) is 2.54. The van der Waals surface area contributed by atoms with E-state index in [0.717, 1.165) is 16.7 Å². The Hall–Kier alpha value is -2.30. The van der Waals surface area contributed by atoms with Crippen LogP contribution < -0.4 is 10.6 Å². The van der Waals surface area contributed by atoms with Crippen LogP contribution in [0.1, 0.15) is 16.7 Å². The number of phenols is 1. The van der Waals surface area contributed by atoms with Crippen molar-refractivity contribution in [2.75, 3.05) is 0 Å². The molecule has 3 amide bonds. The van der Waals surface area contributed by atoms with Gasteiger partial charge in [0.05, 0.1) is 0 Å². The van der Waals surface area contributed by atoms with Gasteiger partial charge in [0.15, 0.2) is 0 Å². The second-order valence-corrected chi connectivity index (χ2v) is 3.97. The first kappa shape index (κ1) is 11.2. The third kappa shape index (κ3) is 2.13. The Balaban J connectivity index is 2.40. The van der Waals surface area contributed by atoms with Crippen molar-refractivity contribution >= 4 is 18.0 Å². The molecular formula is C12H12N2O3. The van der Waals surface area contributed by atoms with Crippen LogP contribution in [0.25, 0.3) is 6.08 Å². The molecule has 5 heteroatoms. The molecule has 2 rings (SSSR count). The van der Waals surface area contributed by atoms with E-state index in [2.05, 4.69) is 10.6 Å². The average molecular weight is 232 g/mol. The first-order chi connectivity index (χ1) is 7.97. The summed E-state index contributed by atoms with van der Waals surface area (Å²) >= 11 is 0. The highest BCUT2D eigenvalue weighted by Gasteiger charge is 2.22. The molecule has 1 fully saturated rings. The number of urea groups is 1. The van der Waals surface area contributed by atoms with Gasteiger partial charge in [-0.05, 0) is 48.7 Å². The quantitative estimate of drug-likeness (QED) is 0.502. The molecule has 0 unspecified atom stereocenters. The molecule has 1 saturated heterocycles. The fourth-order valence-corrected chi connectivity index (χ4v) is 1.72. The number of phenolic OH excluding ortho intramolecular Hbond substituents is 1. The highest BCUT2D eigenvalue weighted by atomic mass is 16.3. The van der Waals surface area contributed by atoms with E-state index in [9.17, 15) is 14.7 Å². The summed E-state index contributed by atoms with van der Waals surface area (Å²) in [5.41, 5.74) is 2.41. The maximum Gasteiger partial charge on any atom is 0.326 e. The van der Waals surface area contributed by atoms with Gasteiger partial charge in [0.25, 0.3) is 5.91 Å². The summed E-state index contributed by atoms with van der Waals surface area (Å²) in [6.45, 7) is 3.55. The molecule has 0 atom stereocenters. The van der Waals surface area contributed by atoms with Crippen LogP contribution in [0, 0.1) is 13.8 Å². The van der Waals surface area contributed by atoms with Crippen LogP contribution in [0.4, 0.5) is 4.79 Å². The van der Waals surface area contributed by atoms with Crippen molar-refractivity contribution in [3.05, 3.63) is 34.5 Å². The number of aryl methyl sites for hydroxylation is 2. The molecule has 88 valence electrons. The summed E-state index contributed by atoms with van der Waals surface area (Å²) in [4.78, 5) is 22.2. The Morgan fingerprint density at radius 3 is 2.18 bits per heavy atom. The Morgan fingerprint density at radius 1 is 1.12 bits per heavy atom. The lowest BCUT2D eigenvalue weighted by atomic mass is 10.0. The van der Waals surface area contributed by atoms with E-state index in [1.807, 2.05) is 0 Å². The molecule has 5 nitrogen and oxygen atoms in total. The van der Waals surface area contributed by atoms with E-state index < -0.39 is 11.9 Å². The molecule has 0 aliphatic carbocycles. The van der Waals surface area contributed by atoms with E-state index in [1.165, 1.54) is 0 Å². The van der Waals surface area contributed by atoms with Crippen molar-refractivity contribution in [3.8, 4) is 5.75 Å². The summed E-state index contributed by atoms with van der Waals surface area (Å²) in [5, 5.41) is 14.1. The molecule has 1 aromatic rings. The first-order valence-electron chi connectivity index (χ1n) is 5.11. The minimum Gasteiger partial charge on any atom is -0.507 e. The molecule has 0 spiro atoms. The maximum absolute atomic E-state index is 11.3. The van der Waals surface area contributed by atoms with E-state index in [0.29, 0.717) is 0 Å². The molecule has 17 heavy (non-hydrogen) atoms. The van der Waals surface area contributed by atoms with E-state index in [-0.39, 0.29) is 11.4 Å². The maximum atomic E-state index is 11.3. The van der Waals surface area contributed by atoms with Gasteiger partial charge in [-0.1, -0.05) is 0 Å². The molecule has 3 N–H and O–H groups in total. The van der Waals surface area contributed by atoms with Gasteiger partial charge in [0.1, 0.15) is 11.4 Å². The molecule has 1 aromatic carbocycles. The number of aromatic hydroxyl groups is 1. The molecule has 0 aromatic heterocycles. The molecule has 1 aliphatic rings. The van der Waals surface area contributed by atoms with Crippen molar-refractivity contribution in [1.82, 2.24) is 10.6 Å². The number of benzene rings is 1. The molecule has 1 heterocycles. The van der Waals surface area contributed by atoms with E-state index in [1.54, 1.807) is 32.1 Å². The zero-order valence-corrected chi connectivity index (χ0v) is 9.50. The van der Waals surface area contributed by atoms with Crippen molar-refractivity contribution in [3.63, 3.8) is 0 Å². The highest BCUT2D eigenvalue weighted by molar-refractivity contribution is 6.13. The summed E-state index contributed by atoms with van der Waals surface area (Å²) in [6.07, 6.45) is 1.57. The van der Waals surface area contributed by atoms with Crippen molar-refractivity contribution < 1.29 is 14.7 Å². The minimum atomic E-state index is -0.520. The van der Waals surface area contributed by atoms with Gasteiger partial charge in [0, 0.05) is 0 Å². The summed E-state index contributed by atoms with van der Waals surface area (Å²) < 4.78 is 0. The summed E-state index contributed by atoms with van der Waals surface area (Å²) in [7, 11) is 0. The Morgan fingerprint density at radius 2 is 1.71 bits per heavy atom. The molecule has 1 aliphatic heterocycles. The van der Waals surface area contributed by atoms with Crippen LogP contribution in [-0.4, -0.2) is 17.0 Å². The van der Waals surface area contributed by atoms with Gasteiger partial charge < -0.3 is 10.4 Å². The van der Waals surface area contributed by atoms with Crippen LogP contribution in [-0.2, 0) is 4.79 Å². The number of hydrogen-bond acceptors (Lipinski definition) is 3. The fraction of sp³-hybridized carbons (Fsp3) is 0.167. The Bertz CT molecular complexity index is 524. The van der Waals surface area contributed by atoms with E-state index in [4.69, 9.17) is 0 Å². The van der Waals surface area contributed by atoms with Gasteiger partial charge in [0.2, 0.25) is 0 Å². The first-order valence-corrected chi connectivity index (χ1v) is 5.11. The predicted molar refractivity (Wildman–Crippen MR) is 62.2 cm³/mol. The second kappa shape index (κ2) is 3.93. The van der Waals surface area contributed by atoms with Crippen molar-refractivity contribution in [2.24, 2.45) is 0 Å². The summed E-state index contributed by atoms with van der Waals surface area (Å²) in [6, 6.07) is 2.97. The lowest BCUT2D eigenvalue weighted by Gasteiger charge is -2.05. The van der Waals surface area contributed by atoms with Crippen molar-refractivity contribution in [1.29, 1.82) is 0 Å². The number of carbonyl (C=O) groups is 2. The SMILES string of the molecule is Cc1cc(C=C2NC(=O)NC2=O)cc(C)c1O. The van der Waals surface area contributed by atoms with Gasteiger partial charge in [-0.25, -0.2) is 4.79 Å². The van der Waals surface area contributed by atoms with Crippen LogP contribution in [0.2, 0.25) is 0 Å². The lowest BCUT2D eigenvalue weighted by molar-refractivity contribution is -0.115. The Kier molecular flexibility index (Phi) is 2.59. The lowest BCUT2D eigenvalue weighted by Crippen LogP contribution is -2.22. The fourth-order valence-electron chi connectivity index (χ4n) is 1.72. The molecule has 0 radical (unpaired) electrons. The number of imide groups is 1. The number of amides is 3. The number of rotatable bonds is 1.